The van der Waals surface area contributed by atoms with E-state index in [1.165, 1.54) is 5.56 Å². The molecule has 0 spiro atoms. The Kier molecular flexibility index (Phi) is 5.64. The van der Waals surface area contributed by atoms with Crippen molar-refractivity contribution < 1.29 is 14.3 Å². The quantitative estimate of drug-likeness (QED) is 0.461. The van der Waals surface area contributed by atoms with Crippen LogP contribution in [0.1, 0.15) is 44.7 Å². The van der Waals surface area contributed by atoms with Crippen molar-refractivity contribution in [2.24, 2.45) is 0 Å². The fourth-order valence-corrected chi connectivity index (χ4v) is 4.37. The van der Waals surface area contributed by atoms with Crippen molar-refractivity contribution in [3.63, 3.8) is 0 Å². The predicted octanol–water partition coefficient (Wildman–Crippen LogP) is 3.38. The molecule has 1 aliphatic heterocycles. The van der Waals surface area contributed by atoms with E-state index < -0.39 is 5.97 Å². The van der Waals surface area contributed by atoms with Gasteiger partial charge in [-0.2, -0.15) is 10.2 Å². The lowest BCUT2D eigenvalue weighted by Crippen LogP contribution is -2.37. The van der Waals surface area contributed by atoms with Crippen LogP contribution >= 0.6 is 0 Å². The molecule has 0 aliphatic carbocycles. The summed E-state index contributed by atoms with van der Waals surface area (Å²) in [6.07, 6.45) is 1.42. The van der Waals surface area contributed by atoms with Gasteiger partial charge in [0, 0.05) is 36.2 Å². The number of fused-ring (bicyclic) bond motifs is 2. The van der Waals surface area contributed by atoms with Gasteiger partial charge in [-0.25, -0.2) is 4.79 Å². The summed E-state index contributed by atoms with van der Waals surface area (Å²) in [6.45, 7) is 3.53. The normalized spacial score (nSPS) is 13.2. The summed E-state index contributed by atoms with van der Waals surface area (Å²) < 4.78 is 7.16. The molecule has 2 aromatic carbocycles. The zero-order valence-corrected chi connectivity index (χ0v) is 18.5. The average Bonchev–Trinajstić information content (AvgIpc) is 3.44. The van der Waals surface area contributed by atoms with E-state index in [2.05, 4.69) is 27.4 Å². The lowest BCUT2D eigenvalue weighted by molar-refractivity contribution is 0.0513. The number of H-pyrrole nitrogens is 1. The number of para-hydroxylation sites is 1. The van der Waals surface area contributed by atoms with Crippen LogP contribution in [-0.4, -0.2) is 49.9 Å². The maximum absolute atomic E-state index is 13.3. The van der Waals surface area contributed by atoms with Gasteiger partial charge in [-0.1, -0.05) is 48.5 Å². The van der Waals surface area contributed by atoms with Crippen LogP contribution in [0.2, 0.25) is 0 Å². The zero-order chi connectivity index (χ0) is 22.8. The highest BCUT2D eigenvalue weighted by molar-refractivity contribution is 6.04. The zero-order valence-electron chi connectivity index (χ0n) is 18.5. The second-order valence-corrected chi connectivity index (χ2v) is 8.05. The predicted molar refractivity (Wildman–Crippen MR) is 123 cm³/mol. The Balaban J connectivity index is 1.43. The molecule has 3 heterocycles. The number of rotatable bonds is 6. The number of amides is 1. The molecular formula is C25H25N5O3. The summed E-state index contributed by atoms with van der Waals surface area (Å²) in [4.78, 5) is 27.7. The van der Waals surface area contributed by atoms with Crippen molar-refractivity contribution in [1.29, 1.82) is 0 Å². The Labute approximate surface area is 191 Å². The topological polar surface area (TPSA) is 93.1 Å². The summed E-state index contributed by atoms with van der Waals surface area (Å²) in [5.41, 5.74) is 4.47. The summed E-state index contributed by atoms with van der Waals surface area (Å²) >= 11 is 0. The maximum Gasteiger partial charge on any atom is 0.359 e. The number of carbonyl (C=O) groups excluding carboxylic acids is 2. The van der Waals surface area contributed by atoms with Gasteiger partial charge in [-0.3, -0.25) is 14.6 Å². The number of benzene rings is 2. The number of nitrogens with one attached hydrogen (secondary N) is 1. The molecule has 0 saturated heterocycles. The van der Waals surface area contributed by atoms with E-state index in [4.69, 9.17) is 4.74 Å². The van der Waals surface area contributed by atoms with Gasteiger partial charge in [0.05, 0.1) is 18.7 Å². The summed E-state index contributed by atoms with van der Waals surface area (Å²) in [6, 6.07) is 17.7. The van der Waals surface area contributed by atoms with Crippen LogP contribution in [0.25, 0.3) is 10.9 Å². The SMILES string of the molecule is CCOC(=O)c1nn(CCc2ccccc2)c2c1CN(C(=O)c1n[nH]c3ccccc13)CC2. The molecule has 8 heteroatoms. The van der Waals surface area contributed by atoms with E-state index in [9.17, 15) is 9.59 Å². The highest BCUT2D eigenvalue weighted by atomic mass is 16.5. The van der Waals surface area contributed by atoms with Crippen LogP contribution in [0.3, 0.4) is 0 Å². The molecule has 0 saturated carbocycles. The number of hydrogen-bond donors (Lipinski definition) is 1. The number of ether oxygens (including phenoxy) is 1. The van der Waals surface area contributed by atoms with Crippen molar-refractivity contribution in [3.05, 3.63) is 82.8 Å². The molecule has 0 fully saturated rings. The van der Waals surface area contributed by atoms with Crippen LogP contribution in [0, 0.1) is 0 Å². The van der Waals surface area contributed by atoms with Crippen molar-refractivity contribution in [1.82, 2.24) is 24.9 Å². The molecular weight excluding hydrogens is 418 g/mol. The first-order valence-corrected chi connectivity index (χ1v) is 11.2. The number of esters is 1. The first-order chi connectivity index (χ1) is 16.2. The van der Waals surface area contributed by atoms with E-state index in [1.807, 2.05) is 47.1 Å². The molecule has 1 amide bonds. The van der Waals surface area contributed by atoms with Crippen LogP contribution < -0.4 is 0 Å². The van der Waals surface area contributed by atoms with E-state index in [-0.39, 0.29) is 12.5 Å². The van der Waals surface area contributed by atoms with Crippen LogP contribution in [0.15, 0.2) is 54.6 Å². The number of carbonyl (C=O) groups is 2. The number of nitrogens with zero attached hydrogens (tertiary/aromatic N) is 4. The monoisotopic (exact) mass is 443 g/mol. The molecule has 1 N–H and O–H groups in total. The van der Waals surface area contributed by atoms with Crippen LogP contribution in [0.5, 0.6) is 0 Å². The van der Waals surface area contributed by atoms with Crippen LogP contribution in [0.4, 0.5) is 0 Å². The van der Waals surface area contributed by atoms with Crippen molar-refractivity contribution in [2.75, 3.05) is 13.2 Å². The van der Waals surface area contributed by atoms with Crippen molar-refractivity contribution >= 4 is 22.8 Å². The standard InChI is InChI=1S/C25H25N5O3/c1-2-33-25(32)23-19-16-29(24(31)22-18-10-6-7-11-20(18)26-27-22)14-13-21(19)30(28-23)15-12-17-8-4-3-5-9-17/h3-11H,2,12-16H2,1H3,(H,26,27). The van der Waals surface area contributed by atoms with Gasteiger partial charge in [0.15, 0.2) is 11.4 Å². The Hall–Kier alpha value is -3.94. The molecule has 0 atom stereocenters. The third kappa shape index (κ3) is 4.00. The molecule has 0 radical (unpaired) electrons. The minimum Gasteiger partial charge on any atom is -0.461 e. The Morgan fingerprint density at radius 2 is 1.85 bits per heavy atom. The third-order valence-electron chi connectivity index (χ3n) is 6.02. The highest BCUT2D eigenvalue weighted by Gasteiger charge is 2.32. The fraction of sp³-hybridized carbons (Fsp3) is 0.280. The Bertz CT molecular complexity index is 1310. The largest absolute Gasteiger partial charge is 0.461 e. The van der Waals surface area contributed by atoms with Gasteiger partial charge in [0.2, 0.25) is 0 Å². The number of aromatic nitrogens is 4. The molecule has 1 aliphatic rings. The molecule has 4 aromatic rings. The summed E-state index contributed by atoms with van der Waals surface area (Å²) in [5, 5.41) is 12.6. The van der Waals surface area contributed by atoms with Gasteiger partial charge in [-0.05, 0) is 25.0 Å². The van der Waals surface area contributed by atoms with Crippen molar-refractivity contribution in [2.45, 2.75) is 32.9 Å². The van der Waals surface area contributed by atoms with Crippen LogP contribution in [-0.2, 0) is 30.7 Å². The van der Waals surface area contributed by atoms with E-state index in [0.29, 0.717) is 37.4 Å². The second kappa shape index (κ2) is 8.90. The molecule has 5 rings (SSSR count). The minimum absolute atomic E-state index is 0.162. The second-order valence-electron chi connectivity index (χ2n) is 8.05. The van der Waals surface area contributed by atoms with E-state index in [1.54, 1.807) is 11.8 Å². The minimum atomic E-state index is -0.452. The summed E-state index contributed by atoms with van der Waals surface area (Å²) in [5.74, 6) is -0.614. The molecule has 168 valence electrons. The molecule has 0 bridgehead atoms. The van der Waals surface area contributed by atoms with Gasteiger partial charge in [0.1, 0.15) is 0 Å². The number of hydrogen-bond acceptors (Lipinski definition) is 5. The number of aryl methyl sites for hydroxylation is 2. The third-order valence-corrected chi connectivity index (χ3v) is 6.02. The molecule has 33 heavy (non-hydrogen) atoms. The van der Waals surface area contributed by atoms with E-state index in [0.717, 1.165) is 28.6 Å². The lowest BCUT2D eigenvalue weighted by atomic mass is 10.0. The smallest absolute Gasteiger partial charge is 0.359 e. The fourth-order valence-electron chi connectivity index (χ4n) is 4.37. The van der Waals surface area contributed by atoms with Gasteiger partial charge >= 0.3 is 5.97 Å². The van der Waals surface area contributed by atoms with Gasteiger partial charge < -0.3 is 9.64 Å². The highest BCUT2D eigenvalue weighted by Crippen LogP contribution is 2.26. The summed E-state index contributed by atoms with van der Waals surface area (Å²) in [7, 11) is 0. The Morgan fingerprint density at radius 1 is 1.06 bits per heavy atom. The maximum atomic E-state index is 13.3. The average molecular weight is 444 g/mol. The van der Waals surface area contributed by atoms with Gasteiger partial charge in [-0.15, -0.1) is 0 Å². The first-order valence-electron chi connectivity index (χ1n) is 11.2. The molecule has 0 unspecified atom stereocenters. The molecule has 8 nitrogen and oxygen atoms in total. The Morgan fingerprint density at radius 3 is 2.67 bits per heavy atom. The lowest BCUT2D eigenvalue weighted by Gasteiger charge is -2.27. The van der Waals surface area contributed by atoms with Gasteiger partial charge in [0.25, 0.3) is 5.91 Å². The van der Waals surface area contributed by atoms with Crippen molar-refractivity contribution in [3.8, 4) is 0 Å². The molecule has 2 aromatic heterocycles. The first kappa shape index (κ1) is 20.9. The van der Waals surface area contributed by atoms with E-state index >= 15 is 0 Å². The number of aromatic amines is 1.